The van der Waals surface area contributed by atoms with E-state index in [0.717, 1.165) is 19.6 Å². The van der Waals surface area contributed by atoms with Crippen molar-refractivity contribution in [3.8, 4) is 0 Å². The van der Waals surface area contributed by atoms with Gasteiger partial charge in [0.25, 0.3) is 0 Å². The molecule has 0 saturated carbocycles. The predicted octanol–water partition coefficient (Wildman–Crippen LogP) is 2.46. The maximum atomic E-state index is 6.00. The van der Waals surface area contributed by atoms with E-state index >= 15 is 0 Å². The van der Waals surface area contributed by atoms with E-state index in [1.54, 1.807) is 0 Å². The number of hydrogen-bond donors (Lipinski definition) is 1. The number of nitrogens with zero attached hydrogens (tertiary/aromatic N) is 1. The molecule has 2 atom stereocenters. The highest BCUT2D eigenvalue weighted by Gasteiger charge is 2.31. The first kappa shape index (κ1) is 14.0. The summed E-state index contributed by atoms with van der Waals surface area (Å²) in [6.45, 7) is 7.04. The van der Waals surface area contributed by atoms with Gasteiger partial charge in [-0.1, -0.05) is 6.07 Å². The first-order valence-electron chi connectivity index (χ1n) is 6.82. The van der Waals surface area contributed by atoms with E-state index in [4.69, 9.17) is 10.5 Å². The molecule has 1 aromatic heterocycles. The summed E-state index contributed by atoms with van der Waals surface area (Å²) in [6.07, 6.45) is 2.64. The molecule has 0 aliphatic carbocycles. The van der Waals surface area contributed by atoms with Gasteiger partial charge in [0.15, 0.2) is 0 Å². The summed E-state index contributed by atoms with van der Waals surface area (Å²) < 4.78 is 5.84. The summed E-state index contributed by atoms with van der Waals surface area (Å²) in [4.78, 5) is 3.89. The third-order valence-electron chi connectivity index (χ3n) is 3.64. The van der Waals surface area contributed by atoms with E-state index in [0.29, 0.717) is 24.7 Å². The van der Waals surface area contributed by atoms with Gasteiger partial charge in [0.05, 0.1) is 6.10 Å². The van der Waals surface area contributed by atoms with Crippen molar-refractivity contribution < 1.29 is 4.74 Å². The number of rotatable bonds is 6. The standard InChI is InChI=1S/C14H24N2OS/c1-11(2)16(10-12-5-4-8-18-12)13(9-15)14-6-3-7-17-14/h4-5,8,11,13-14H,3,6-7,9-10,15H2,1-2H3. The molecule has 1 aliphatic heterocycles. The molecule has 2 heterocycles. The molecule has 1 saturated heterocycles. The lowest BCUT2D eigenvalue weighted by Crippen LogP contribution is -2.50. The first-order valence-corrected chi connectivity index (χ1v) is 7.70. The molecule has 0 amide bonds. The molecule has 0 bridgehead atoms. The van der Waals surface area contributed by atoms with Crippen molar-refractivity contribution in [2.24, 2.45) is 5.73 Å². The zero-order chi connectivity index (χ0) is 13.0. The Bertz CT molecular complexity index is 334. The third kappa shape index (κ3) is 3.32. The maximum absolute atomic E-state index is 6.00. The molecular weight excluding hydrogens is 244 g/mol. The molecule has 4 heteroatoms. The fraction of sp³-hybridized carbons (Fsp3) is 0.714. The molecule has 2 unspecified atom stereocenters. The summed E-state index contributed by atoms with van der Waals surface area (Å²) in [5, 5.41) is 2.14. The molecule has 0 radical (unpaired) electrons. The molecule has 2 N–H and O–H groups in total. The number of hydrogen-bond acceptors (Lipinski definition) is 4. The van der Waals surface area contributed by atoms with Gasteiger partial charge < -0.3 is 10.5 Å². The second-order valence-electron chi connectivity index (χ2n) is 5.20. The summed E-state index contributed by atoms with van der Waals surface area (Å²) in [5.41, 5.74) is 6.00. The summed E-state index contributed by atoms with van der Waals surface area (Å²) >= 11 is 1.82. The van der Waals surface area contributed by atoms with E-state index in [-0.39, 0.29) is 0 Å². The lowest BCUT2D eigenvalue weighted by molar-refractivity contribution is 0.0107. The molecular formula is C14H24N2OS. The van der Waals surface area contributed by atoms with E-state index in [1.165, 1.54) is 11.3 Å². The molecule has 3 nitrogen and oxygen atoms in total. The van der Waals surface area contributed by atoms with E-state index in [1.807, 2.05) is 11.3 Å². The molecule has 18 heavy (non-hydrogen) atoms. The smallest absolute Gasteiger partial charge is 0.0743 e. The molecule has 2 rings (SSSR count). The normalized spacial score (nSPS) is 21.9. The summed E-state index contributed by atoms with van der Waals surface area (Å²) in [5.74, 6) is 0. The Morgan fingerprint density at radius 2 is 2.39 bits per heavy atom. The predicted molar refractivity (Wildman–Crippen MR) is 76.8 cm³/mol. The Balaban J connectivity index is 2.06. The Labute approximate surface area is 114 Å². The van der Waals surface area contributed by atoms with Crippen LogP contribution >= 0.6 is 11.3 Å². The van der Waals surface area contributed by atoms with E-state index < -0.39 is 0 Å². The fourth-order valence-electron chi connectivity index (χ4n) is 2.67. The van der Waals surface area contributed by atoms with Crippen LogP contribution in [0.5, 0.6) is 0 Å². The van der Waals surface area contributed by atoms with Gasteiger partial charge in [0.1, 0.15) is 0 Å². The zero-order valence-electron chi connectivity index (χ0n) is 11.3. The van der Waals surface area contributed by atoms with Gasteiger partial charge in [-0.15, -0.1) is 11.3 Å². The summed E-state index contributed by atoms with van der Waals surface area (Å²) in [7, 11) is 0. The van der Waals surface area contributed by atoms with Crippen molar-refractivity contribution in [2.45, 2.75) is 51.4 Å². The van der Waals surface area contributed by atoms with Crippen LogP contribution in [0, 0.1) is 0 Å². The summed E-state index contributed by atoms with van der Waals surface area (Å²) in [6, 6.07) is 5.14. The van der Waals surface area contributed by atoms with Crippen molar-refractivity contribution in [2.75, 3.05) is 13.2 Å². The highest BCUT2D eigenvalue weighted by molar-refractivity contribution is 7.09. The van der Waals surface area contributed by atoms with Gasteiger partial charge in [-0.25, -0.2) is 0 Å². The average Bonchev–Trinajstić information content (AvgIpc) is 3.00. The van der Waals surface area contributed by atoms with Gasteiger partial charge in [-0.3, -0.25) is 4.90 Å². The van der Waals surface area contributed by atoms with Gasteiger partial charge >= 0.3 is 0 Å². The van der Waals surface area contributed by atoms with Crippen LogP contribution in [0.4, 0.5) is 0 Å². The average molecular weight is 268 g/mol. The minimum absolute atomic E-state index is 0.317. The topological polar surface area (TPSA) is 38.5 Å². The molecule has 102 valence electrons. The Morgan fingerprint density at radius 3 is 2.89 bits per heavy atom. The molecule has 1 aromatic rings. The van der Waals surface area contributed by atoms with Crippen LogP contribution in [0.1, 0.15) is 31.6 Å². The molecule has 1 fully saturated rings. The van der Waals surface area contributed by atoms with Crippen LogP contribution in [0.3, 0.4) is 0 Å². The van der Waals surface area contributed by atoms with Crippen LogP contribution in [-0.4, -0.2) is 36.2 Å². The second kappa shape index (κ2) is 6.66. The van der Waals surface area contributed by atoms with Crippen LogP contribution in [0.15, 0.2) is 17.5 Å². The highest BCUT2D eigenvalue weighted by Crippen LogP contribution is 2.23. The Hall–Kier alpha value is -0.420. The van der Waals surface area contributed by atoms with Gasteiger partial charge in [-0.05, 0) is 38.1 Å². The highest BCUT2D eigenvalue weighted by atomic mass is 32.1. The maximum Gasteiger partial charge on any atom is 0.0743 e. The first-order chi connectivity index (χ1) is 8.72. The minimum Gasteiger partial charge on any atom is -0.377 e. The zero-order valence-corrected chi connectivity index (χ0v) is 12.2. The Morgan fingerprint density at radius 1 is 1.56 bits per heavy atom. The molecule has 0 spiro atoms. The van der Waals surface area contributed by atoms with Crippen molar-refractivity contribution in [1.29, 1.82) is 0 Å². The SMILES string of the molecule is CC(C)N(Cc1cccs1)C(CN)C1CCCO1. The minimum atomic E-state index is 0.317. The largest absolute Gasteiger partial charge is 0.377 e. The fourth-order valence-corrected chi connectivity index (χ4v) is 3.38. The van der Waals surface area contributed by atoms with Crippen molar-refractivity contribution in [1.82, 2.24) is 4.90 Å². The van der Waals surface area contributed by atoms with Crippen LogP contribution in [0.25, 0.3) is 0 Å². The van der Waals surface area contributed by atoms with E-state index in [9.17, 15) is 0 Å². The van der Waals surface area contributed by atoms with Crippen molar-refractivity contribution >= 4 is 11.3 Å². The lowest BCUT2D eigenvalue weighted by atomic mass is 10.0. The van der Waals surface area contributed by atoms with Gasteiger partial charge in [0.2, 0.25) is 0 Å². The number of ether oxygens (including phenoxy) is 1. The molecule has 1 aliphatic rings. The second-order valence-corrected chi connectivity index (χ2v) is 6.23. The quantitative estimate of drug-likeness (QED) is 0.861. The van der Waals surface area contributed by atoms with Gasteiger partial charge in [0, 0.05) is 36.7 Å². The van der Waals surface area contributed by atoms with Crippen LogP contribution in [0.2, 0.25) is 0 Å². The van der Waals surface area contributed by atoms with Crippen LogP contribution < -0.4 is 5.73 Å². The lowest BCUT2D eigenvalue weighted by Gasteiger charge is -2.37. The Kier molecular flexibility index (Phi) is 5.18. The van der Waals surface area contributed by atoms with E-state index in [2.05, 4.69) is 36.3 Å². The van der Waals surface area contributed by atoms with Crippen molar-refractivity contribution in [3.63, 3.8) is 0 Å². The number of thiophene rings is 1. The third-order valence-corrected chi connectivity index (χ3v) is 4.50. The molecule has 0 aromatic carbocycles. The van der Waals surface area contributed by atoms with Gasteiger partial charge in [-0.2, -0.15) is 0 Å². The van der Waals surface area contributed by atoms with Crippen molar-refractivity contribution in [3.05, 3.63) is 22.4 Å². The van der Waals surface area contributed by atoms with Crippen LogP contribution in [-0.2, 0) is 11.3 Å². The number of nitrogens with two attached hydrogens (primary N) is 1. The monoisotopic (exact) mass is 268 g/mol.